The quantitative estimate of drug-likeness (QED) is 0.183. The summed E-state index contributed by atoms with van der Waals surface area (Å²) in [7, 11) is 0. The standard InChI is InChI=1S/C53H34N2/c1-3-15-33(16-4-1)50-32-51(55-52(54-50)34-17-5-2-6-18-34)35-27-28-42-40-23-11-13-25-46(40)53(48(42)29-35)47-26-14-12-24-41(47)45-30-43-38-21-9-7-19-36(38)37-20-8-10-22-39(37)44(43)31-49(45)53/h1-32,50H,(H,54,55). The summed E-state index contributed by atoms with van der Waals surface area (Å²) < 4.78 is 0. The van der Waals surface area contributed by atoms with Gasteiger partial charge < -0.3 is 5.32 Å². The fraction of sp³-hybridized carbons (Fsp3) is 0.0377. The van der Waals surface area contributed by atoms with Gasteiger partial charge in [-0.15, -0.1) is 0 Å². The van der Waals surface area contributed by atoms with Gasteiger partial charge in [0, 0.05) is 11.1 Å². The first-order valence-corrected chi connectivity index (χ1v) is 19.2. The van der Waals surface area contributed by atoms with Crippen molar-refractivity contribution in [1.29, 1.82) is 0 Å². The van der Waals surface area contributed by atoms with Gasteiger partial charge in [-0.1, -0.05) is 170 Å². The van der Waals surface area contributed by atoms with E-state index in [-0.39, 0.29) is 6.04 Å². The van der Waals surface area contributed by atoms with Crippen LogP contribution in [0.4, 0.5) is 0 Å². The van der Waals surface area contributed by atoms with Gasteiger partial charge in [-0.05, 0) is 107 Å². The summed E-state index contributed by atoms with van der Waals surface area (Å²) in [6.07, 6.45) is 2.29. The average molecular weight is 699 g/mol. The van der Waals surface area contributed by atoms with Crippen LogP contribution in [0.1, 0.15) is 45.0 Å². The number of amidine groups is 1. The lowest BCUT2D eigenvalue weighted by atomic mass is 9.70. The molecule has 2 nitrogen and oxygen atoms in total. The van der Waals surface area contributed by atoms with E-state index < -0.39 is 5.41 Å². The normalized spacial score (nSPS) is 17.7. The third-order valence-corrected chi connectivity index (χ3v) is 12.3. The van der Waals surface area contributed by atoms with E-state index >= 15 is 0 Å². The first kappa shape index (κ1) is 30.4. The van der Waals surface area contributed by atoms with Gasteiger partial charge in [0.25, 0.3) is 0 Å². The first-order chi connectivity index (χ1) is 27.3. The third kappa shape index (κ3) is 4.22. The van der Waals surface area contributed by atoms with E-state index in [1.165, 1.54) is 82.4 Å². The van der Waals surface area contributed by atoms with Crippen LogP contribution in [0.5, 0.6) is 0 Å². The summed E-state index contributed by atoms with van der Waals surface area (Å²) in [6, 6.07) is 69.3. The Hall–Kier alpha value is -7.03. The van der Waals surface area contributed by atoms with Crippen molar-refractivity contribution in [2.24, 2.45) is 4.99 Å². The molecule has 0 aromatic heterocycles. The Morgan fingerprint density at radius 2 is 0.891 bits per heavy atom. The molecule has 2 atom stereocenters. The Kier molecular flexibility index (Phi) is 6.35. The lowest BCUT2D eigenvalue weighted by molar-refractivity contribution is 0.779. The van der Waals surface area contributed by atoms with Crippen LogP contribution in [-0.4, -0.2) is 5.84 Å². The Morgan fingerprint density at radius 1 is 0.382 bits per heavy atom. The molecule has 0 fully saturated rings. The van der Waals surface area contributed by atoms with Crippen molar-refractivity contribution in [1.82, 2.24) is 5.32 Å². The van der Waals surface area contributed by atoms with E-state index in [0.29, 0.717) is 0 Å². The van der Waals surface area contributed by atoms with Crippen LogP contribution in [0.3, 0.4) is 0 Å². The number of fused-ring (bicyclic) bond motifs is 16. The zero-order valence-electron chi connectivity index (χ0n) is 30.0. The van der Waals surface area contributed by atoms with Crippen molar-refractivity contribution >= 4 is 43.9 Å². The van der Waals surface area contributed by atoms with E-state index in [1.54, 1.807) is 0 Å². The van der Waals surface area contributed by atoms with E-state index in [4.69, 9.17) is 4.99 Å². The molecule has 9 aromatic carbocycles. The minimum atomic E-state index is -0.493. The maximum atomic E-state index is 5.35. The minimum absolute atomic E-state index is 0.0225. The highest BCUT2D eigenvalue weighted by atomic mass is 15.0. The van der Waals surface area contributed by atoms with Crippen LogP contribution >= 0.6 is 0 Å². The van der Waals surface area contributed by atoms with E-state index in [2.05, 4.69) is 199 Å². The van der Waals surface area contributed by atoms with E-state index in [9.17, 15) is 0 Å². The molecule has 256 valence electrons. The Morgan fingerprint density at radius 3 is 1.56 bits per heavy atom. The molecule has 2 heteroatoms. The lowest BCUT2D eigenvalue weighted by Gasteiger charge is -2.31. The molecule has 0 bridgehead atoms. The van der Waals surface area contributed by atoms with Gasteiger partial charge >= 0.3 is 0 Å². The minimum Gasteiger partial charge on any atom is -0.359 e. The molecule has 2 aliphatic carbocycles. The van der Waals surface area contributed by atoms with Gasteiger partial charge in [0.1, 0.15) is 5.84 Å². The molecule has 1 spiro atoms. The Labute approximate surface area is 319 Å². The monoisotopic (exact) mass is 698 g/mol. The van der Waals surface area contributed by atoms with E-state index in [1.807, 2.05) is 0 Å². The highest BCUT2D eigenvalue weighted by Gasteiger charge is 2.52. The lowest BCUT2D eigenvalue weighted by Crippen LogP contribution is -2.31. The maximum Gasteiger partial charge on any atom is 0.134 e. The van der Waals surface area contributed by atoms with Crippen molar-refractivity contribution in [3.63, 3.8) is 0 Å². The van der Waals surface area contributed by atoms with Crippen LogP contribution in [0.2, 0.25) is 0 Å². The van der Waals surface area contributed by atoms with Crippen molar-refractivity contribution < 1.29 is 0 Å². The number of nitrogens with zero attached hydrogens (tertiary/aromatic N) is 1. The van der Waals surface area contributed by atoms with E-state index in [0.717, 1.165) is 22.7 Å². The third-order valence-electron chi connectivity index (χ3n) is 12.3. The second-order valence-electron chi connectivity index (χ2n) is 15.0. The molecule has 3 aliphatic rings. The molecule has 0 radical (unpaired) electrons. The van der Waals surface area contributed by atoms with Crippen molar-refractivity contribution in [2.75, 3.05) is 0 Å². The summed E-state index contributed by atoms with van der Waals surface area (Å²) in [5, 5.41) is 11.5. The number of benzene rings is 9. The first-order valence-electron chi connectivity index (χ1n) is 19.2. The summed E-state index contributed by atoms with van der Waals surface area (Å²) in [4.78, 5) is 5.35. The van der Waals surface area contributed by atoms with Crippen molar-refractivity contribution in [2.45, 2.75) is 11.5 Å². The molecule has 12 rings (SSSR count). The number of hydrogen-bond donors (Lipinski definition) is 1. The predicted octanol–water partition coefficient (Wildman–Crippen LogP) is 12.6. The summed E-state index contributed by atoms with van der Waals surface area (Å²) in [5.74, 6) is 0.882. The smallest absolute Gasteiger partial charge is 0.134 e. The zero-order valence-corrected chi connectivity index (χ0v) is 30.0. The van der Waals surface area contributed by atoms with Crippen molar-refractivity contribution in [3.8, 4) is 22.3 Å². The van der Waals surface area contributed by atoms with Crippen molar-refractivity contribution in [3.05, 3.63) is 233 Å². The SMILES string of the molecule is C1=C(c2ccc3c(c2)C2(c4ccccc4-3)c3ccccc3-c3cc4c5ccccc5c5ccccc5c4cc32)N=C(c2ccccc2)NC1c1ccccc1. The molecule has 9 aromatic rings. The number of nitrogens with one attached hydrogen (secondary N) is 1. The van der Waals surface area contributed by atoms with Gasteiger partial charge in [0.2, 0.25) is 0 Å². The molecule has 0 saturated carbocycles. The highest BCUT2D eigenvalue weighted by Crippen LogP contribution is 2.63. The molecule has 1 aliphatic heterocycles. The van der Waals surface area contributed by atoms with Gasteiger partial charge in [0.05, 0.1) is 17.2 Å². The van der Waals surface area contributed by atoms with Crippen LogP contribution in [0, 0.1) is 0 Å². The van der Waals surface area contributed by atoms with Gasteiger partial charge in [-0.2, -0.15) is 0 Å². The molecule has 0 saturated heterocycles. The molecule has 55 heavy (non-hydrogen) atoms. The highest BCUT2D eigenvalue weighted by molar-refractivity contribution is 6.26. The Bertz CT molecular complexity index is 3120. The number of aliphatic imine (C=N–C) groups is 1. The maximum absolute atomic E-state index is 5.35. The predicted molar refractivity (Wildman–Crippen MR) is 229 cm³/mol. The topological polar surface area (TPSA) is 24.4 Å². The second kappa shape index (κ2) is 11.5. The molecule has 1 N–H and O–H groups in total. The van der Waals surface area contributed by atoms with Crippen LogP contribution in [0.25, 0.3) is 60.3 Å². The fourth-order valence-electron chi connectivity index (χ4n) is 9.97. The second-order valence-corrected chi connectivity index (χ2v) is 15.0. The zero-order chi connectivity index (χ0) is 36.1. The molecular weight excluding hydrogens is 665 g/mol. The Balaban J connectivity index is 1.15. The van der Waals surface area contributed by atoms with Crippen LogP contribution < -0.4 is 5.32 Å². The summed E-state index contributed by atoms with van der Waals surface area (Å²) >= 11 is 0. The molecule has 1 heterocycles. The van der Waals surface area contributed by atoms with Crippen LogP contribution in [0.15, 0.2) is 199 Å². The van der Waals surface area contributed by atoms with Gasteiger partial charge in [-0.25, -0.2) is 4.99 Å². The summed E-state index contributed by atoms with van der Waals surface area (Å²) in [5.41, 5.74) is 14.4. The molecule has 0 amide bonds. The number of hydrogen-bond acceptors (Lipinski definition) is 2. The number of rotatable bonds is 3. The summed E-state index contributed by atoms with van der Waals surface area (Å²) in [6.45, 7) is 0. The largest absolute Gasteiger partial charge is 0.359 e. The molecular formula is C53H34N2. The fourth-order valence-corrected chi connectivity index (χ4v) is 9.97. The molecule has 2 unspecified atom stereocenters. The van der Waals surface area contributed by atoms with Gasteiger partial charge in [-0.3, -0.25) is 0 Å². The van der Waals surface area contributed by atoms with Crippen LogP contribution in [-0.2, 0) is 5.41 Å². The average Bonchev–Trinajstić information content (AvgIpc) is 3.73. The van der Waals surface area contributed by atoms with Gasteiger partial charge in [0.15, 0.2) is 0 Å².